The van der Waals surface area contributed by atoms with E-state index in [1.54, 1.807) is 0 Å². The average molecular weight is 368 g/mol. The predicted molar refractivity (Wildman–Crippen MR) is 93.3 cm³/mol. The summed E-state index contributed by atoms with van der Waals surface area (Å²) in [5, 5.41) is 2.90. The molecule has 1 aromatic carbocycles. The highest BCUT2D eigenvalue weighted by molar-refractivity contribution is 7.91. The number of nitrogens with zero attached hydrogens (tertiary/aromatic N) is 1. The van der Waals surface area contributed by atoms with Crippen molar-refractivity contribution < 1.29 is 22.7 Å². The molecule has 0 aliphatic carbocycles. The molecule has 1 aromatic rings. The van der Waals surface area contributed by atoms with Gasteiger partial charge in [-0.05, 0) is 30.7 Å². The van der Waals surface area contributed by atoms with Gasteiger partial charge < -0.3 is 14.8 Å². The van der Waals surface area contributed by atoms with Crippen LogP contribution in [-0.2, 0) is 21.2 Å². The fourth-order valence-electron chi connectivity index (χ4n) is 3.25. The molecule has 1 atom stereocenters. The zero-order chi connectivity index (χ0) is 17.9. The standard InChI is InChI=1S/C17H24N2O5S/c1-2-19(14-6-8-25(21,22)11-14)7-5-17(20)18-10-13-3-4-15-16(9-13)24-12-23-15/h3-4,9,14H,2,5-8,10-12H2,1H3,(H,18,20). The first-order valence-corrected chi connectivity index (χ1v) is 10.4. The van der Waals surface area contributed by atoms with Gasteiger partial charge in [-0.15, -0.1) is 0 Å². The first-order chi connectivity index (χ1) is 12.0. The van der Waals surface area contributed by atoms with Crippen LogP contribution >= 0.6 is 0 Å². The topological polar surface area (TPSA) is 84.9 Å². The summed E-state index contributed by atoms with van der Waals surface area (Å²) >= 11 is 0. The number of nitrogens with one attached hydrogen (secondary N) is 1. The van der Waals surface area contributed by atoms with Gasteiger partial charge in [0.15, 0.2) is 21.3 Å². The van der Waals surface area contributed by atoms with E-state index in [0.717, 1.165) is 17.9 Å². The zero-order valence-electron chi connectivity index (χ0n) is 14.4. The molecule has 0 spiro atoms. The van der Waals surface area contributed by atoms with Crippen molar-refractivity contribution in [1.82, 2.24) is 10.2 Å². The number of carbonyl (C=O) groups is 1. The quantitative estimate of drug-likeness (QED) is 0.771. The summed E-state index contributed by atoms with van der Waals surface area (Å²) in [7, 11) is -2.90. The molecule has 2 aliphatic rings. The second-order valence-corrected chi connectivity index (χ2v) is 8.63. The highest BCUT2D eigenvalue weighted by atomic mass is 32.2. The molecule has 2 heterocycles. The molecule has 1 fully saturated rings. The summed E-state index contributed by atoms with van der Waals surface area (Å²) in [6, 6.07) is 5.64. The maximum Gasteiger partial charge on any atom is 0.231 e. The minimum Gasteiger partial charge on any atom is -0.454 e. The highest BCUT2D eigenvalue weighted by Gasteiger charge is 2.31. The van der Waals surface area contributed by atoms with Crippen LogP contribution in [-0.4, -0.2) is 56.7 Å². The van der Waals surface area contributed by atoms with Gasteiger partial charge in [0.25, 0.3) is 0 Å². The number of fused-ring (bicyclic) bond motifs is 1. The largest absolute Gasteiger partial charge is 0.454 e. The Kier molecular flexibility index (Phi) is 5.48. The predicted octanol–water partition coefficient (Wildman–Crippen LogP) is 0.931. The summed E-state index contributed by atoms with van der Waals surface area (Å²) in [4.78, 5) is 14.2. The fourth-order valence-corrected chi connectivity index (χ4v) is 5.01. The lowest BCUT2D eigenvalue weighted by Crippen LogP contribution is -2.38. The van der Waals surface area contributed by atoms with Crippen LogP contribution < -0.4 is 14.8 Å². The van der Waals surface area contributed by atoms with Crippen molar-refractivity contribution in [3.05, 3.63) is 23.8 Å². The Morgan fingerprint density at radius 2 is 2.12 bits per heavy atom. The molecule has 138 valence electrons. The third kappa shape index (κ3) is 4.64. The number of hydrogen-bond donors (Lipinski definition) is 1. The van der Waals surface area contributed by atoms with E-state index in [2.05, 4.69) is 10.2 Å². The first-order valence-electron chi connectivity index (χ1n) is 8.56. The van der Waals surface area contributed by atoms with Gasteiger partial charge in [-0.1, -0.05) is 13.0 Å². The van der Waals surface area contributed by atoms with Gasteiger partial charge in [0, 0.05) is 25.6 Å². The van der Waals surface area contributed by atoms with Gasteiger partial charge >= 0.3 is 0 Å². The Bertz CT molecular complexity index is 735. The summed E-state index contributed by atoms with van der Waals surface area (Å²) in [6.45, 7) is 3.98. The molecule has 2 aliphatic heterocycles. The molecule has 7 nitrogen and oxygen atoms in total. The average Bonchev–Trinajstić information content (AvgIpc) is 3.19. The van der Waals surface area contributed by atoms with Crippen LogP contribution in [0.2, 0.25) is 0 Å². The van der Waals surface area contributed by atoms with E-state index in [9.17, 15) is 13.2 Å². The summed E-state index contributed by atoms with van der Waals surface area (Å²) in [6.07, 6.45) is 1.02. The van der Waals surface area contributed by atoms with E-state index in [1.807, 2.05) is 25.1 Å². The van der Waals surface area contributed by atoms with E-state index in [-0.39, 0.29) is 30.2 Å². The van der Waals surface area contributed by atoms with Crippen molar-refractivity contribution >= 4 is 15.7 Å². The molecule has 3 rings (SSSR count). The van der Waals surface area contributed by atoms with Crippen LogP contribution in [0.25, 0.3) is 0 Å². The molecule has 0 saturated carbocycles. The van der Waals surface area contributed by atoms with E-state index >= 15 is 0 Å². The smallest absolute Gasteiger partial charge is 0.231 e. The minimum atomic E-state index is -2.90. The monoisotopic (exact) mass is 368 g/mol. The van der Waals surface area contributed by atoms with Crippen molar-refractivity contribution in [3.63, 3.8) is 0 Å². The summed E-state index contributed by atoms with van der Waals surface area (Å²) in [5.74, 6) is 1.84. The van der Waals surface area contributed by atoms with E-state index in [1.165, 1.54) is 0 Å². The number of rotatable bonds is 7. The number of amides is 1. The lowest BCUT2D eigenvalue weighted by atomic mass is 10.2. The SMILES string of the molecule is CCN(CCC(=O)NCc1ccc2c(c1)OCO2)C1CCS(=O)(=O)C1. The van der Waals surface area contributed by atoms with E-state index in [4.69, 9.17) is 9.47 Å². The van der Waals surface area contributed by atoms with Gasteiger partial charge in [-0.2, -0.15) is 0 Å². The maximum atomic E-state index is 12.1. The maximum absolute atomic E-state index is 12.1. The van der Waals surface area contributed by atoms with Crippen LogP contribution in [0.3, 0.4) is 0 Å². The molecule has 0 bridgehead atoms. The second kappa shape index (κ2) is 7.61. The first kappa shape index (κ1) is 18.0. The Balaban J connectivity index is 1.44. The molecule has 0 radical (unpaired) electrons. The van der Waals surface area contributed by atoms with Crippen molar-refractivity contribution in [2.45, 2.75) is 32.4 Å². The number of ether oxygens (including phenoxy) is 2. The van der Waals surface area contributed by atoms with E-state index < -0.39 is 9.84 Å². The number of carbonyl (C=O) groups excluding carboxylic acids is 1. The Labute approximate surface area is 148 Å². The van der Waals surface area contributed by atoms with Gasteiger partial charge in [0.2, 0.25) is 12.7 Å². The lowest BCUT2D eigenvalue weighted by molar-refractivity contribution is -0.121. The van der Waals surface area contributed by atoms with Crippen molar-refractivity contribution in [1.29, 1.82) is 0 Å². The molecule has 1 N–H and O–H groups in total. The molecule has 1 saturated heterocycles. The van der Waals surface area contributed by atoms with Crippen molar-refractivity contribution in [2.75, 3.05) is 31.4 Å². The zero-order valence-corrected chi connectivity index (χ0v) is 15.2. The second-order valence-electron chi connectivity index (χ2n) is 6.40. The Hall–Kier alpha value is -1.80. The summed E-state index contributed by atoms with van der Waals surface area (Å²) in [5.41, 5.74) is 0.951. The molecule has 25 heavy (non-hydrogen) atoms. The minimum absolute atomic E-state index is 0.0386. The lowest BCUT2D eigenvalue weighted by Gasteiger charge is -2.26. The normalized spacial score (nSPS) is 20.8. The van der Waals surface area contributed by atoms with Gasteiger partial charge in [0.05, 0.1) is 11.5 Å². The summed E-state index contributed by atoms with van der Waals surface area (Å²) < 4.78 is 33.8. The van der Waals surface area contributed by atoms with Crippen LogP contribution in [0.1, 0.15) is 25.3 Å². The van der Waals surface area contributed by atoms with Crippen molar-refractivity contribution in [3.8, 4) is 11.5 Å². The third-order valence-corrected chi connectivity index (χ3v) is 6.43. The molecular formula is C17H24N2O5S. The molecule has 8 heteroatoms. The van der Waals surface area contributed by atoms with E-state index in [0.29, 0.717) is 31.7 Å². The fraction of sp³-hybridized carbons (Fsp3) is 0.588. The third-order valence-electron chi connectivity index (χ3n) is 4.68. The van der Waals surface area contributed by atoms with Gasteiger partial charge in [0.1, 0.15) is 0 Å². The molecule has 0 aromatic heterocycles. The number of sulfone groups is 1. The Morgan fingerprint density at radius 3 is 2.84 bits per heavy atom. The van der Waals surface area contributed by atoms with Gasteiger partial charge in [-0.25, -0.2) is 8.42 Å². The van der Waals surface area contributed by atoms with Crippen LogP contribution in [0, 0.1) is 0 Å². The molecule has 1 amide bonds. The number of hydrogen-bond acceptors (Lipinski definition) is 6. The van der Waals surface area contributed by atoms with Gasteiger partial charge in [-0.3, -0.25) is 9.69 Å². The van der Waals surface area contributed by atoms with Crippen LogP contribution in [0.15, 0.2) is 18.2 Å². The molecular weight excluding hydrogens is 344 g/mol. The van der Waals surface area contributed by atoms with Crippen molar-refractivity contribution in [2.24, 2.45) is 0 Å². The number of benzene rings is 1. The Morgan fingerprint density at radius 1 is 1.32 bits per heavy atom. The van der Waals surface area contributed by atoms with Crippen LogP contribution in [0.5, 0.6) is 11.5 Å². The van der Waals surface area contributed by atoms with Crippen LogP contribution in [0.4, 0.5) is 0 Å². The molecule has 1 unspecified atom stereocenters. The highest BCUT2D eigenvalue weighted by Crippen LogP contribution is 2.32.